The number of benzene rings is 1. The van der Waals surface area contributed by atoms with Gasteiger partial charge in [0.15, 0.2) is 6.61 Å². The van der Waals surface area contributed by atoms with Gasteiger partial charge in [-0.15, -0.1) is 0 Å². The number of hydrogen-bond donors (Lipinski definition) is 1. The fraction of sp³-hybridized carbons (Fsp3) is 0.462. The van der Waals surface area contributed by atoms with Crippen LogP contribution in [0.25, 0.3) is 0 Å². The third-order valence-electron chi connectivity index (χ3n) is 3.06. The topological polar surface area (TPSA) is 64.8 Å². The van der Waals surface area contributed by atoms with Gasteiger partial charge in [-0.1, -0.05) is 0 Å². The molecule has 0 spiro atoms. The lowest BCUT2D eigenvalue weighted by molar-refractivity contribution is -0.132. The second-order valence-electron chi connectivity index (χ2n) is 4.43. The summed E-state index contributed by atoms with van der Waals surface area (Å²) in [6, 6.07) is 5.52. The first-order chi connectivity index (χ1) is 8.61. The number of nitrogen functional groups attached to an aromatic ring is 1. The lowest BCUT2D eigenvalue weighted by Crippen LogP contribution is -2.33. The molecule has 0 atom stereocenters. The van der Waals surface area contributed by atoms with Crippen LogP contribution in [0.15, 0.2) is 18.2 Å². The van der Waals surface area contributed by atoms with Crippen molar-refractivity contribution in [2.75, 3.05) is 26.5 Å². The maximum absolute atomic E-state index is 11.8. The van der Waals surface area contributed by atoms with Crippen LogP contribution in [0.3, 0.4) is 0 Å². The van der Waals surface area contributed by atoms with E-state index in [-0.39, 0.29) is 12.5 Å². The van der Waals surface area contributed by atoms with E-state index in [4.69, 9.17) is 15.2 Å². The van der Waals surface area contributed by atoms with Crippen molar-refractivity contribution in [3.05, 3.63) is 18.2 Å². The Bertz CT molecular complexity index is 444. The summed E-state index contributed by atoms with van der Waals surface area (Å²) in [7, 11) is 3.37. The minimum atomic E-state index is -0.0280. The Hall–Kier alpha value is -1.91. The summed E-state index contributed by atoms with van der Waals surface area (Å²) in [6.07, 6.45) is 2.17. The average molecular weight is 250 g/mol. The lowest BCUT2D eigenvalue weighted by atomic mass is 10.3. The van der Waals surface area contributed by atoms with E-state index in [0.717, 1.165) is 12.8 Å². The quantitative estimate of drug-likeness (QED) is 0.799. The summed E-state index contributed by atoms with van der Waals surface area (Å²) in [6.45, 7) is 0.00433. The number of anilines is 1. The molecule has 1 fully saturated rings. The maximum atomic E-state index is 11.8. The molecule has 0 aliphatic heterocycles. The first-order valence-electron chi connectivity index (χ1n) is 5.94. The molecule has 0 heterocycles. The maximum Gasteiger partial charge on any atom is 0.260 e. The number of rotatable bonds is 5. The fourth-order valence-electron chi connectivity index (χ4n) is 1.67. The summed E-state index contributed by atoms with van der Waals surface area (Å²) in [5.41, 5.74) is 6.27. The highest BCUT2D eigenvalue weighted by Gasteiger charge is 2.29. The zero-order valence-corrected chi connectivity index (χ0v) is 10.7. The first-order valence-corrected chi connectivity index (χ1v) is 5.94. The molecule has 1 aromatic carbocycles. The molecule has 0 saturated heterocycles. The molecule has 0 unspecified atom stereocenters. The summed E-state index contributed by atoms with van der Waals surface area (Å²) in [4.78, 5) is 13.5. The number of amides is 1. The third kappa shape index (κ3) is 2.85. The molecule has 18 heavy (non-hydrogen) atoms. The molecular weight excluding hydrogens is 232 g/mol. The van der Waals surface area contributed by atoms with Crippen molar-refractivity contribution in [3.8, 4) is 11.5 Å². The SMILES string of the molecule is COc1ccc(N)c(OCC(=O)N(C)C2CC2)c1. The molecular formula is C13H18N2O3. The van der Waals surface area contributed by atoms with Crippen molar-refractivity contribution >= 4 is 11.6 Å². The summed E-state index contributed by atoms with van der Waals surface area (Å²) in [5.74, 6) is 1.11. The molecule has 1 aromatic rings. The number of methoxy groups -OCH3 is 1. The number of hydrogen-bond acceptors (Lipinski definition) is 4. The normalized spacial score (nSPS) is 14.1. The van der Waals surface area contributed by atoms with Crippen molar-refractivity contribution in [1.82, 2.24) is 4.90 Å². The number of carbonyl (C=O) groups excluding carboxylic acids is 1. The first kappa shape index (κ1) is 12.5. The highest BCUT2D eigenvalue weighted by molar-refractivity contribution is 5.78. The van der Waals surface area contributed by atoms with Crippen LogP contribution in [0.2, 0.25) is 0 Å². The predicted octanol–water partition coefficient (Wildman–Crippen LogP) is 1.28. The zero-order valence-electron chi connectivity index (χ0n) is 10.7. The van der Waals surface area contributed by atoms with Crippen LogP contribution in [0.4, 0.5) is 5.69 Å². The Kier molecular flexibility index (Phi) is 3.60. The smallest absolute Gasteiger partial charge is 0.260 e. The van der Waals surface area contributed by atoms with Crippen molar-refractivity contribution in [2.24, 2.45) is 0 Å². The number of nitrogens with zero attached hydrogens (tertiary/aromatic N) is 1. The van der Waals surface area contributed by atoms with Crippen molar-refractivity contribution in [3.63, 3.8) is 0 Å². The van der Waals surface area contributed by atoms with Crippen molar-refractivity contribution in [1.29, 1.82) is 0 Å². The molecule has 0 bridgehead atoms. The number of carbonyl (C=O) groups is 1. The van der Waals surface area contributed by atoms with Crippen LogP contribution in [0.5, 0.6) is 11.5 Å². The summed E-state index contributed by atoms with van der Waals surface area (Å²) >= 11 is 0. The van der Waals surface area contributed by atoms with E-state index in [0.29, 0.717) is 23.2 Å². The molecule has 1 amide bonds. The number of likely N-dealkylation sites (N-methyl/N-ethyl adjacent to an activating group) is 1. The van der Waals surface area contributed by atoms with Gasteiger partial charge < -0.3 is 20.1 Å². The second-order valence-corrected chi connectivity index (χ2v) is 4.43. The summed E-state index contributed by atoms with van der Waals surface area (Å²) < 4.78 is 10.5. The molecule has 2 rings (SSSR count). The third-order valence-corrected chi connectivity index (χ3v) is 3.06. The van der Waals surface area contributed by atoms with Crippen LogP contribution in [-0.4, -0.2) is 37.6 Å². The van der Waals surface area contributed by atoms with Gasteiger partial charge in [0.25, 0.3) is 5.91 Å². The molecule has 5 heteroatoms. The molecule has 5 nitrogen and oxygen atoms in total. The van der Waals surface area contributed by atoms with Gasteiger partial charge in [0.2, 0.25) is 0 Å². The van der Waals surface area contributed by atoms with Crippen LogP contribution in [0.1, 0.15) is 12.8 Å². The van der Waals surface area contributed by atoms with E-state index in [1.54, 1.807) is 37.3 Å². The van der Waals surface area contributed by atoms with Gasteiger partial charge in [0.05, 0.1) is 12.8 Å². The van der Waals surface area contributed by atoms with Crippen LogP contribution in [-0.2, 0) is 4.79 Å². The predicted molar refractivity (Wildman–Crippen MR) is 68.7 cm³/mol. The Balaban J connectivity index is 1.94. The standard InChI is InChI=1S/C13H18N2O3/c1-15(9-3-4-9)13(16)8-18-12-7-10(17-2)5-6-11(12)14/h5-7,9H,3-4,8,14H2,1-2H3. The van der Waals surface area contributed by atoms with E-state index in [1.807, 2.05) is 0 Å². The number of nitrogens with two attached hydrogens (primary N) is 1. The Labute approximate surface area is 106 Å². The molecule has 0 radical (unpaired) electrons. The van der Waals surface area contributed by atoms with Crippen molar-refractivity contribution < 1.29 is 14.3 Å². The Morgan fingerprint density at radius 3 is 2.83 bits per heavy atom. The minimum absolute atomic E-state index is 0.00433. The second kappa shape index (κ2) is 5.16. The van der Waals surface area contributed by atoms with Gasteiger partial charge >= 0.3 is 0 Å². The van der Waals surface area contributed by atoms with Gasteiger partial charge in [0.1, 0.15) is 11.5 Å². The Morgan fingerprint density at radius 2 is 2.22 bits per heavy atom. The number of ether oxygens (including phenoxy) is 2. The molecule has 2 N–H and O–H groups in total. The largest absolute Gasteiger partial charge is 0.497 e. The van der Waals surface area contributed by atoms with E-state index >= 15 is 0 Å². The molecule has 98 valence electrons. The van der Waals surface area contributed by atoms with Crippen LogP contribution >= 0.6 is 0 Å². The van der Waals surface area contributed by atoms with E-state index in [9.17, 15) is 4.79 Å². The Morgan fingerprint density at radius 1 is 1.50 bits per heavy atom. The average Bonchev–Trinajstić information content (AvgIpc) is 3.20. The van der Waals surface area contributed by atoms with Gasteiger partial charge in [-0.25, -0.2) is 0 Å². The van der Waals surface area contributed by atoms with Gasteiger partial charge in [-0.3, -0.25) is 4.79 Å². The van der Waals surface area contributed by atoms with Crippen molar-refractivity contribution in [2.45, 2.75) is 18.9 Å². The summed E-state index contributed by atoms with van der Waals surface area (Å²) in [5, 5.41) is 0. The van der Waals surface area contributed by atoms with E-state index in [2.05, 4.69) is 0 Å². The monoisotopic (exact) mass is 250 g/mol. The molecule has 1 saturated carbocycles. The highest BCUT2D eigenvalue weighted by Crippen LogP contribution is 2.28. The highest BCUT2D eigenvalue weighted by atomic mass is 16.5. The van der Waals surface area contributed by atoms with Gasteiger partial charge in [-0.2, -0.15) is 0 Å². The van der Waals surface area contributed by atoms with Gasteiger partial charge in [-0.05, 0) is 25.0 Å². The van der Waals surface area contributed by atoms with Gasteiger partial charge in [0, 0.05) is 19.2 Å². The molecule has 1 aliphatic carbocycles. The zero-order chi connectivity index (χ0) is 13.1. The van der Waals surface area contributed by atoms with E-state index in [1.165, 1.54) is 0 Å². The minimum Gasteiger partial charge on any atom is -0.497 e. The van der Waals surface area contributed by atoms with Crippen LogP contribution in [0, 0.1) is 0 Å². The van der Waals surface area contributed by atoms with Crippen LogP contribution < -0.4 is 15.2 Å². The fourth-order valence-corrected chi connectivity index (χ4v) is 1.67. The molecule has 0 aromatic heterocycles. The molecule has 1 aliphatic rings. The lowest BCUT2D eigenvalue weighted by Gasteiger charge is -2.17. The van der Waals surface area contributed by atoms with E-state index < -0.39 is 0 Å².